The molecule has 38 heavy (non-hydrogen) atoms. The number of rotatable bonds is 10. The van der Waals surface area contributed by atoms with Crippen molar-refractivity contribution in [2.45, 2.75) is 33.2 Å². The van der Waals surface area contributed by atoms with E-state index in [1.165, 1.54) is 4.90 Å². The zero-order valence-electron chi connectivity index (χ0n) is 21.6. The highest BCUT2D eigenvalue weighted by atomic mass is 16.6. The van der Waals surface area contributed by atoms with Crippen LogP contribution in [0.15, 0.2) is 83.3 Å². The largest absolute Gasteiger partial charge is 0.493 e. The van der Waals surface area contributed by atoms with E-state index in [9.17, 15) is 14.7 Å². The summed E-state index contributed by atoms with van der Waals surface area (Å²) >= 11 is 0. The number of oxazole rings is 1. The molecule has 1 atom stereocenters. The van der Waals surface area contributed by atoms with E-state index in [1.54, 1.807) is 31.2 Å². The van der Waals surface area contributed by atoms with Crippen molar-refractivity contribution in [1.82, 2.24) is 9.88 Å². The van der Waals surface area contributed by atoms with Gasteiger partial charge in [-0.15, -0.1) is 0 Å². The van der Waals surface area contributed by atoms with Crippen molar-refractivity contribution in [2.24, 2.45) is 0 Å². The zero-order valence-corrected chi connectivity index (χ0v) is 21.6. The van der Waals surface area contributed by atoms with Gasteiger partial charge < -0.3 is 19.0 Å². The van der Waals surface area contributed by atoms with E-state index >= 15 is 0 Å². The van der Waals surface area contributed by atoms with E-state index in [1.807, 2.05) is 68.4 Å². The molecular weight excluding hydrogens is 484 g/mol. The van der Waals surface area contributed by atoms with E-state index < -0.39 is 24.6 Å². The maximum Gasteiger partial charge on any atom is 0.416 e. The molecular formula is C30H30N2O6. The number of hydrogen-bond donors (Lipinski definition) is 1. The molecule has 0 aliphatic rings. The first-order valence-electron chi connectivity index (χ1n) is 12.3. The molecule has 1 amide bonds. The summed E-state index contributed by atoms with van der Waals surface area (Å²) < 4.78 is 17.1. The predicted octanol–water partition coefficient (Wildman–Crippen LogP) is 6.23. The number of carbonyl (C=O) groups excluding carboxylic acids is 1. The number of aryl methyl sites for hydroxylation is 2. The molecule has 8 heteroatoms. The Hall–Kier alpha value is -4.59. The SMILES string of the molecule is Cc1ccc(OC(=O)N(CC(=O)O)[C@@H](C)c2ccc(OCCc3nc(-c4ccccc4)oc3C)cc2)cc1. The summed E-state index contributed by atoms with van der Waals surface area (Å²) in [5, 5.41) is 9.37. The Balaban J connectivity index is 1.36. The maximum atomic E-state index is 12.8. The molecule has 0 aliphatic heterocycles. The third kappa shape index (κ3) is 6.79. The van der Waals surface area contributed by atoms with E-state index in [2.05, 4.69) is 4.98 Å². The molecule has 4 aromatic rings. The van der Waals surface area contributed by atoms with Gasteiger partial charge in [-0.2, -0.15) is 0 Å². The van der Waals surface area contributed by atoms with Gasteiger partial charge in [0.15, 0.2) is 0 Å². The van der Waals surface area contributed by atoms with Crippen molar-refractivity contribution < 1.29 is 28.6 Å². The van der Waals surface area contributed by atoms with Crippen LogP contribution in [0.3, 0.4) is 0 Å². The van der Waals surface area contributed by atoms with Gasteiger partial charge in [0.05, 0.1) is 18.3 Å². The van der Waals surface area contributed by atoms with Gasteiger partial charge in [-0.3, -0.25) is 9.69 Å². The third-order valence-electron chi connectivity index (χ3n) is 6.12. The van der Waals surface area contributed by atoms with Crippen molar-refractivity contribution >= 4 is 12.1 Å². The Morgan fingerprint density at radius 3 is 2.26 bits per heavy atom. The van der Waals surface area contributed by atoms with E-state index in [4.69, 9.17) is 13.9 Å². The first-order chi connectivity index (χ1) is 18.3. The highest BCUT2D eigenvalue weighted by Gasteiger charge is 2.26. The Morgan fingerprint density at radius 1 is 0.947 bits per heavy atom. The standard InChI is InChI=1S/C30H30N2O6/c1-20-9-13-26(14-10-20)38-30(35)32(19-28(33)34)21(2)23-11-15-25(16-12-23)36-18-17-27-22(3)37-29(31-27)24-7-5-4-6-8-24/h4-16,21H,17-19H2,1-3H3,(H,33,34)/t21-/m0/s1. The van der Waals surface area contributed by atoms with Crippen molar-refractivity contribution in [3.8, 4) is 23.0 Å². The number of hydrogen-bond acceptors (Lipinski definition) is 6. The summed E-state index contributed by atoms with van der Waals surface area (Å²) in [7, 11) is 0. The third-order valence-corrected chi connectivity index (χ3v) is 6.12. The Morgan fingerprint density at radius 2 is 1.61 bits per heavy atom. The second-order valence-electron chi connectivity index (χ2n) is 8.93. The van der Waals surface area contributed by atoms with E-state index in [0.29, 0.717) is 30.4 Å². The van der Waals surface area contributed by atoms with Crippen LogP contribution < -0.4 is 9.47 Å². The number of aliphatic carboxylic acids is 1. The van der Waals surface area contributed by atoms with Gasteiger partial charge in [0, 0.05) is 12.0 Å². The number of carbonyl (C=O) groups is 2. The van der Waals surface area contributed by atoms with Crippen LogP contribution in [0.4, 0.5) is 4.79 Å². The van der Waals surface area contributed by atoms with Crippen LogP contribution in [0.25, 0.3) is 11.5 Å². The molecule has 4 rings (SSSR count). The van der Waals surface area contributed by atoms with Crippen molar-refractivity contribution in [3.05, 3.63) is 101 Å². The zero-order chi connectivity index (χ0) is 27.1. The highest BCUT2D eigenvalue weighted by Crippen LogP contribution is 2.25. The van der Waals surface area contributed by atoms with E-state index in [0.717, 1.165) is 28.1 Å². The number of nitrogens with zero attached hydrogens (tertiary/aromatic N) is 2. The summed E-state index contributed by atoms with van der Waals surface area (Å²) in [5.41, 5.74) is 3.54. The number of amides is 1. The molecule has 1 aromatic heterocycles. The molecule has 0 spiro atoms. The number of ether oxygens (including phenoxy) is 2. The first kappa shape index (κ1) is 26.5. The topological polar surface area (TPSA) is 102 Å². The monoisotopic (exact) mass is 514 g/mol. The lowest BCUT2D eigenvalue weighted by molar-refractivity contribution is -0.138. The molecule has 0 saturated heterocycles. The fourth-order valence-corrected chi connectivity index (χ4v) is 3.92. The van der Waals surface area contributed by atoms with Crippen LogP contribution in [0.5, 0.6) is 11.5 Å². The normalized spacial score (nSPS) is 11.6. The molecule has 196 valence electrons. The highest BCUT2D eigenvalue weighted by molar-refractivity contribution is 5.78. The molecule has 0 fully saturated rings. The smallest absolute Gasteiger partial charge is 0.416 e. The van der Waals surface area contributed by atoms with Gasteiger partial charge in [-0.05, 0) is 62.7 Å². The lowest BCUT2D eigenvalue weighted by Gasteiger charge is -2.27. The minimum Gasteiger partial charge on any atom is -0.493 e. The number of carboxylic acids is 1. The molecule has 0 unspecified atom stereocenters. The quantitative estimate of drug-likeness (QED) is 0.268. The van der Waals surface area contributed by atoms with Crippen molar-refractivity contribution in [3.63, 3.8) is 0 Å². The average Bonchev–Trinajstić information content (AvgIpc) is 3.29. The lowest BCUT2D eigenvalue weighted by Crippen LogP contribution is -2.39. The number of benzene rings is 3. The summed E-state index contributed by atoms with van der Waals surface area (Å²) in [6, 6.07) is 23.4. The Bertz CT molecular complexity index is 1360. The summed E-state index contributed by atoms with van der Waals surface area (Å²) in [6.45, 7) is 5.48. The molecule has 0 radical (unpaired) electrons. The van der Waals surface area contributed by atoms with Crippen LogP contribution in [-0.2, 0) is 11.2 Å². The van der Waals surface area contributed by atoms with Gasteiger partial charge in [-0.1, -0.05) is 48.0 Å². The Labute approximate surface area is 221 Å². The fraction of sp³-hybridized carbons (Fsp3) is 0.233. The summed E-state index contributed by atoms with van der Waals surface area (Å²) in [5.74, 6) is 1.22. The minimum atomic E-state index is -1.13. The molecule has 1 heterocycles. The molecule has 0 saturated carbocycles. The van der Waals surface area contributed by atoms with Crippen LogP contribution in [0.1, 0.15) is 35.5 Å². The number of carboxylic acid groups (broad SMARTS) is 1. The molecule has 3 aromatic carbocycles. The summed E-state index contributed by atoms with van der Waals surface area (Å²) in [4.78, 5) is 30.0. The van der Waals surface area contributed by atoms with Gasteiger partial charge in [0.1, 0.15) is 23.8 Å². The van der Waals surface area contributed by atoms with Crippen LogP contribution >= 0.6 is 0 Å². The Kier molecular flexibility index (Phi) is 8.43. The predicted molar refractivity (Wildman–Crippen MR) is 142 cm³/mol. The van der Waals surface area contributed by atoms with Crippen LogP contribution in [0.2, 0.25) is 0 Å². The molecule has 0 aliphatic carbocycles. The fourth-order valence-electron chi connectivity index (χ4n) is 3.92. The van der Waals surface area contributed by atoms with E-state index in [-0.39, 0.29) is 0 Å². The number of aromatic nitrogens is 1. The second kappa shape index (κ2) is 12.1. The van der Waals surface area contributed by atoms with Crippen LogP contribution in [-0.4, -0.2) is 40.2 Å². The van der Waals surface area contributed by atoms with Gasteiger partial charge in [-0.25, -0.2) is 9.78 Å². The van der Waals surface area contributed by atoms with Crippen molar-refractivity contribution in [2.75, 3.05) is 13.2 Å². The summed E-state index contributed by atoms with van der Waals surface area (Å²) in [6.07, 6.45) is -0.153. The first-order valence-corrected chi connectivity index (χ1v) is 12.3. The minimum absolute atomic E-state index is 0.352. The van der Waals surface area contributed by atoms with Crippen LogP contribution in [0, 0.1) is 13.8 Å². The van der Waals surface area contributed by atoms with Crippen molar-refractivity contribution in [1.29, 1.82) is 0 Å². The molecule has 0 bridgehead atoms. The molecule has 8 nitrogen and oxygen atoms in total. The van der Waals surface area contributed by atoms with Gasteiger partial charge in [0.25, 0.3) is 0 Å². The van der Waals surface area contributed by atoms with Gasteiger partial charge in [0.2, 0.25) is 5.89 Å². The average molecular weight is 515 g/mol. The molecule has 1 N–H and O–H groups in total. The van der Waals surface area contributed by atoms with Gasteiger partial charge >= 0.3 is 12.1 Å². The lowest BCUT2D eigenvalue weighted by atomic mass is 10.1. The second-order valence-corrected chi connectivity index (χ2v) is 8.93. The maximum absolute atomic E-state index is 12.8.